The smallest absolute Gasteiger partial charge is 0.366 e. The molecule has 6 heteroatoms. The molecule has 0 spiro atoms. The Morgan fingerprint density at radius 3 is 2.29 bits per heavy atom. The molecule has 1 aliphatic rings. The number of hydrogen-bond acceptors (Lipinski definition) is 2. The SMILES string of the molecule is CC[C@@H]1CC[C@@H](CC)N1c1ccc2[nH]c(=O)cc(C(F)(F)F)c2c1. The van der Waals surface area contributed by atoms with Crippen LogP contribution in [0.4, 0.5) is 18.9 Å². The monoisotopic (exact) mass is 338 g/mol. The summed E-state index contributed by atoms with van der Waals surface area (Å²) >= 11 is 0. The third-order valence-electron chi connectivity index (χ3n) is 4.99. The van der Waals surface area contributed by atoms with Gasteiger partial charge in [0.15, 0.2) is 0 Å². The molecule has 2 atom stereocenters. The molecule has 3 nitrogen and oxygen atoms in total. The number of aromatic nitrogens is 1. The zero-order valence-electron chi connectivity index (χ0n) is 13.8. The number of nitrogens with one attached hydrogen (secondary N) is 1. The summed E-state index contributed by atoms with van der Waals surface area (Å²) < 4.78 is 40.0. The van der Waals surface area contributed by atoms with Crippen LogP contribution in [0.2, 0.25) is 0 Å². The molecular formula is C18H21F3N2O. The summed E-state index contributed by atoms with van der Waals surface area (Å²) in [7, 11) is 0. The molecule has 1 aromatic heterocycles. The molecule has 2 heterocycles. The van der Waals surface area contributed by atoms with E-state index in [1.165, 1.54) is 0 Å². The average Bonchev–Trinajstić information content (AvgIpc) is 2.95. The Labute approximate surface area is 138 Å². The van der Waals surface area contributed by atoms with Gasteiger partial charge in [0.05, 0.1) is 5.56 Å². The fourth-order valence-electron chi connectivity index (χ4n) is 3.82. The number of fused-ring (bicyclic) bond motifs is 1. The quantitative estimate of drug-likeness (QED) is 0.880. The molecule has 1 saturated heterocycles. The maximum absolute atomic E-state index is 13.3. The highest BCUT2D eigenvalue weighted by molar-refractivity contribution is 5.86. The average molecular weight is 338 g/mol. The Bertz CT molecular complexity index is 785. The van der Waals surface area contributed by atoms with Crippen LogP contribution in [0.3, 0.4) is 0 Å². The fourth-order valence-corrected chi connectivity index (χ4v) is 3.82. The molecule has 2 aromatic rings. The molecule has 0 saturated carbocycles. The van der Waals surface area contributed by atoms with Gasteiger partial charge in [-0.3, -0.25) is 4.79 Å². The van der Waals surface area contributed by atoms with Crippen LogP contribution in [0, 0.1) is 0 Å². The first kappa shape index (κ1) is 16.9. The Morgan fingerprint density at radius 1 is 1.12 bits per heavy atom. The maximum atomic E-state index is 13.3. The largest absolute Gasteiger partial charge is 0.417 e. The molecule has 0 bridgehead atoms. The van der Waals surface area contributed by atoms with Crippen molar-refractivity contribution in [2.45, 2.75) is 57.8 Å². The lowest BCUT2D eigenvalue weighted by molar-refractivity contribution is -0.136. The van der Waals surface area contributed by atoms with Gasteiger partial charge in [-0.25, -0.2) is 0 Å². The van der Waals surface area contributed by atoms with Crippen LogP contribution in [-0.4, -0.2) is 17.1 Å². The minimum absolute atomic E-state index is 0.0520. The molecule has 130 valence electrons. The summed E-state index contributed by atoms with van der Waals surface area (Å²) in [6, 6.07) is 6.32. The molecule has 1 fully saturated rings. The number of H-pyrrole nitrogens is 1. The molecule has 24 heavy (non-hydrogen) atoms. The highest BCUT2D eigenvalue weighted by atomic mass is 19.4. The molecule has 3 rings (SSSR count). The summed E-state index contributed by atoms with van der Waals surface area (Å²) in [4.78, 5) is 16.3. The maximum Gasteiger partial charge on any atom is 0.417 e. The number of anilines is 1. The number of rotatable bonds is 3. The van der Waals surface area contributed by atoms with E-state index < -0.39 is 17.3 Å². The highest BCUT2D eigenvalue weighted by Crippen LogP contribution is 2.38. The van der Waals surface area contributed by atoms with Crippen molar-refractivity contribution in [1.29, 1.82) is 0 Å². The second-order valence-electron chi connectivity index (χ2n) is 6.38. The second kappa shape index (κ2) is 6.15. The number of nitrogens with zero attached hydrogens (tertiary/aromatic N) is 1. The van der Waals surface area contributed by atoms with E-state index in [1.54, 1.807) is 12.1 Å². The van der Waals surface area contributed by atoms with Gasteiger partial charge in [0.1, 0.15) is 0 Å². The molecular weight excluding hydrogens is 317 g/mol. The number of alkyl halides is 3. The van der Waals surface area contributed by atoms with Gasteiger partial charge in [-0.15, -0.1) is 0 Å². The molecule has 1 aromatic carbocycles. The summed E-state index contributed by atoms with van der Waals surface area (Å²) in [5, 5.41) is 0.0520. The third kappa shape index (κ3) is 2.89. The van der Waals surface area contributed by atoms with Crippen LogP contribution in [0.1, 0.15) is 45.1 Å². The van der Waals surface area contributed by atoms with E-state index in [-0.39, 0.29) is 10.9 Å². The Hall–Kier alpha value is -1.98. The topological polar surface area (TPSA) is 36.1 Å². The molecule has 0 radical (unpaired) electrons. The summed E-state index contributed by atoms with van der Waals surface area (Å²) in [5.74, 6) is 0. The van der Waals surface area contributed by atoms with E-state index in [2.05, 4.69) is 23.7 Å². The Balaban J connectivity index is 2.17. The van der Waals surface area contributed by atoms with Crippen LogP contribution in [-0.2, 0) is 6.18 Å². The minimum atomic E-state index is -4.55. The number of benzene rings is 1. The van der Waals surface area contributed by atoms with E-state index in [0.29, 0.717) is 18.2 Å². The summed E-state index contributed by atoms with van der Waals surface area (Å²) in [6.45, 7) is 4.21. The lowest BCUT2D eigenvalue weighted by Crippen LogP contribution is -2.35. The van der Waals surface area contributed by atoms with Crippen molar-refractivity contribution in [2.24, 2.45) is 0 Å². The summed E-state index contributed by atoms with van der Waals surface area (Å²) in [6.07, 6.45) is -0.501. The van der Waals surface area contributed by atoms with Gasteiger partial charge in [-0.1, -0.05) is 13.8 Å². The van der Waals surface area contributed by atoms with Crippen molar-refractivity contribution >= 4 is 16.6 Å². The lowest BCUT2D eigenvalue weighted by Gasteiger charge is -2.32. The fraction of sp³-hybridized carbons (Fsp3) is 0.500. The van der Waals surface area contributed by atoms with Crippen molar-refractivity contribution in [2.75, 3.05) is 4.90 Å². The van der Waals surface area contributed by atoms with Crippen LogP contribution in [0.25, 0.3) is 10.9 Å². The van der Waals surface area contributed by atoms with Gasteiger partial charge in [-0.2, -0.15) is 13.2 Å². The predicted molar refractivity (Wildman–Crippen MR) is 89.4 cm³/mol. The van der Waals surface area contributed by atoms with Gasteiger partial charge < -0.3 is 9.88 Å². The van der Waals surface area contributed by atoms with Crippen molar-refractivity contribution in [3.05, 3.63) is 40.2 Å². The Morgan fingerprint density at radius 2 is 1.75 bits per heavy atom. The zero-order valence-corrected chi connectivity index (χ0v) is 13.8. The van der Waals surface area contributed by atoms with Gasteiger partial charge in [0.2, 0.25) is 5.56 Å². The number of aromatic amines is 1. The molecule has 0 unspecified atom stereocenters. The van der Waals surface area contributed by atoms with Gasteiger partial charge in [-0.05, 0) is 43.9 Å². The van der Waals surface area contributed by atoms with Crippen molar-refractivity contribution in [3.8, 4) is 0 Å². The van der Waals surface area contributed by atoms with Gasteiger partial charge in [0, 0.05) is 34.7 Å². The Kier molecular flexibility index (Phi) is 4.32. The highest BCUT2D eigenvalue weighted by Gasteiger charge is 2.35. The molecule has 1 aliphatic heterocycles. The van der Waals surface area contributed by atoms with Crippen LogP contribution in [0.15, 0.2) is 29.1 Å². The molecule has 0 amide bonds. The number of hydrogen-bond donors (Lipinski definition) is 1. The van der Waals surface area contributed by atoms with Gasteiger partial charge >= 0.3 is 6.18 Å². The molecule has 1 N–H and O–H groups in total. The van der Waals surface area contributed by atoms with E-state index in [0.717, 1.165) is 31.4 Å². The minimum Gasteiger partial charge on any atom is -0.366 e. The van der Waals surface area contributed by atoms with Crippen molar-refractivity contribution in [3.63, 3.8) is 0 Å². The van der Waals surface area contributed by atoms with E-state index in [9.17, 15) is 18.0 Å². The number of pyridine rings is 1. The number of halogens is 3. The summed E-state index contributed by atoms with van der Waals surface area (Å²) in [5.41, 5.74) is -0.583. The first-order chi connectivity index (χ1) is 11.3. The lowest BCUT2D eigenvalue weighted by atomic mass is 10.1. The predicted octanol–water partition coefficient (Wildman–Crippen LogP) is 4.70. The third-order valence-corrected chi connectivity index (χ3v) is 4.99. The van der Waals surface area contributed by atoms with E-state index >= 15 is 0 Å². The van der Waals surface area contributed by atoms with Crippen LogP contribution < -0.4 is 10.5 Å². The second-order valence-corrected chi connectivity index (χ2v) is 6.38. The van der Waals surface area contributed by atoms with E-state index in [4.69, 9.17) is 0 Å². The normalized spacial score (nSPS) is 21.6. The first-order valence-electron chi connectivity index (χ1n) is 8.37. The standard InChI is InChI=1S/C18H21F3N2O/c1-3-11-5-6-12(4-2)23(11)13-7-8-16-14(9-13)15(18(19,20)21)10-17(24)22-16/h7-12H,3-6H2,1-2H3,(H,22,24)/t11-,12-/m1/s1. The van der Waals surface area contributed by atoms with Crippen LogP contribution in [0.5, 0.6) is 0 Å². The van der Waals surface area contributed by atoms with Crippen molar-refractivity contribution < 1.29 is 13.2 Å². The zero-order chi connectivity index (χ0) is 17.5. The van der Waals surface area contributed by atoms with Gasteiger partial charge in [0.25, 0.3) is 0 Å². The molecule has 0 aliphatic carbocycles. The van der Waals surface area contributed by atoms with Crippen LogP contribution >= 0.6 is 0 Å². The van der Waals surface area contributed by atoms with E-state index in [1.807, 2.05) is 6.07 Å². The van der Waals surface area contributed by atoms with Crippen molar-refractivity contribution in [1.82, 2.24) is 4.98 Å². The first-order valence-corrected chi connectivity index (χ1v) is 8.37.